The van der Waals surface area contributed by atoms with Gasteiger partial charge in [-0.15, -0.1) is 0 Å². The van der Waals surface area contributed by atoms with Crippen LogP contribution in [0.1, 0.15) is 48.0 Å². The highest BCUT2D eigenvalue weighted by molar-refractivity contribution is 5.87. The fourth-order valence-electron chi connectivity index (χ4n) is 2.51. The van der Waals surface area contributed by atoms with Gasteiger partial charge in [0.1, 0.15) is 0 Å². The lowest BCUT2D eigenvalue weighted by atomic mass is 10.0. The molecule has 4 heteroatoms. The van der Waals surface area contributed by atoms with Crippen LogP contribution in [0.4, 0.5) is 0 Å². The van der Waals surface area contributed by atoms with Crippen LogP contribution >= 0.6 is 0 Å². The van der Waals surface area contributed by atoms with Gasteiger partial charge in [0.15, 0.2) is 0 Å². The number of aromatic carboxylic acids is 1. The molecule has 1 amide bonds. The van der Waals surface area contributed by atoms with Crippen molar-refractivity contribution in [3.63, 3.8) is 0 Å². The Morgan fingerprint density at radius 2 is 1.79 bits per heavy atom. The van der Waals surface area contributed by atoms with Gasteiger partial charge in [-0.05, 0) is 36.5 Å². The first-order valence-electron chi connectivity index (χ1n) is 6.74. The number of hydrogen-bond donors (Lipinski definition) is 2. The summed E-state index contributed by atoms with van der Waals surface area (Å²) in [5, 5.41) is 11.7. The first-order chi connectivity index (χ1) is 9.15. The Labute approximate surface area is 112 Å². The van der Waals surface area contributed by atoms with Gasteiger partial charge in [-0.2, -0.15) is 0 Å². The Kier molecular flexibility index (Phi) is 4.55. The lowest BCUT2D eigenvalue weighted by Gasteiger charge is -2.09. The summed E-state index contributed by atoms with van der Waals surface area (Å²) in [6.07, 6.45) is 5.44. The van der Waals surface area contributed by atoms with Crippen molar-refractivity contribution in [3.8, 4) is 0 Å². The number of hydrogen-bond acceptors (Lipinski definition) is 2. The summed E-state index contributed by atoms with van der Waals surface area (Å²) in [5.74, 6) is -0.291. The lowest BCUT2D eigenvalue weighted by molar-refractivity contribution is -0.122. The van der Waals surface area contributed by atoms with Crippen LogP contribution in [0.25, 0.3) is 0 Å². The van der Waals surface area contributed by atoms with Crippen LogP contribution in [0.2, 0.25) is 0 Å². The van der Waals surface area contributed by atoms with Gasteiger partial charge < -0.3 is 10.4 Å². The van der Waals surface area contributed by atoms with Gasteiger partial charge in [-0.25, -0.2) is 4.79 Å². The highest BCUT2D eigenvalue weighted by atomic mass is 16.4. The fourth-order valence-corrected chi connectivity index (χ4v) is 2.51. The number of nitrogens with one attached hydrogen (secondary N) is 1. The van der Waals surface area contributed by atoms with Crippen LogP contribution in [-0.4, -0.2) is 17.0 Å². The molecule has 19 heavy (non-hydrogen) atoms. The summed E-state index contributed by atoms with van der Waals surface area (Å²) in [5.41, 5.74) is 1.19. The van der Waals surface area contributed by atoms with Crippen LogP contribution < -0.4 is 5.32 Å². The SMILES string of the molecule is O=C(CC1CCCC1)NCc1ccc(C(=O)O)cc1. The van der Waals surface area contributed by atoms with E-state index < -0.39 is 5.97 Å². The predicted molar refractivity (Wildman–Crippen MR) is 71.8 cm³/mol. The predicted octanol–water partition coefficient (Wildman–Crippen LogP) is 2.58. The van der Waals surface area contributed by atoms with Crippen molar-refractivity contribution in [1.29, 1.82) is 0 Å². The van der Waals surface area contributed by atoms with Gasteiger partial charge in [0.2, 0.25) is 5.91 Å². The third-order valence-electron chi connectivity index (χ3n) is 3.64. The number of rotatable bonds is 5. The third kappa shape index (κ3) is 4.09. The molecule has 0 heterocycles. The highest BCUT2D eigenvalue weighted by Gasteiger charge is 2.18. The molecular formula is C15H19NO3. The topological polar surface area (TPSA) is 66.4 Å². The minimum absolute atomic E-state index is 0.0919. The standard InChI is InChI=1S/C15H19NO3/c17-14(9-11-3-1-2-4-11)16-10-12-5-7-13(8-6-12)15(18)19/h5-8,11H,1-4,9-10H2,(H,16,17)(H,18,19). The monoisotopic (exact) mass is 261 g/mol. The van der Waals surface area contributed by atoms with E-state index in [-0.39, 0.29) is 11.5 Å². The zero-order valence-corrected chi connectivity index (χ0v) is 10.9. The summed E-state index contributed by atoms with van der Waals surface area (Å²) in [6, 6.07) is 6.58. The van der Waals surface area contributed by atoms with E-state index in [4.69, 9.17) is 5.11 Å². The van der Waals surface area contributed by atoms with Crippen LogP contribution in [0.3, 0.4) is 0 Å². The molecule has 2 rings (SSSR count). The third-order valence-corrected chi connectivity index (χ3v) is 3.64. The van der Waals surface area contributed by atoms with E-state index in [0.717, 1.165) is 5.56 Å². The molecule has 2 N–H and O–H groups in total. The average Bonchev–Trinajstić information content (AvgIpc) is 2.89. The molecule has 1 aliphatic rings. The molecule has 1 saturated carbocycles. The molecule has 1 aliphatic carbocycles. The molecule has 0 atom stereocenters. The number of benzene rings is 1. The van der Waals surface area contributed by atoms with Gasteiger partial charge >= 0.3 is 5.97 Å². The van der Waals surface area contributed by atoms with Crippen molar-refractivity contribution < 1.29 is 14.7 Å². The number of carbonyl (C=O) groups excluding carboxylic acids is 1. The van der Waals surface area contributed by atoms with E-state index in [0.29, 0.717) is 18.9 Å². The van der Waals surface area contributed by atoms with Crippen molar-refractivity contribution in [3.05, 3.63) is 35.4 Å². The zero-order chi connectivity index (χ0) is 13.7. The summed E-state index contributed by atoms with van der Waals surface area (Å²) in [6.45, 7) is 0.464. The second kappa shape index (κ2) is 6.36. The number of carboxylic acids is 1. The molecule has 0 unspecified atom stereocenters. The molecule has 0 saturated heterocycles. The maximum Gasteiger partial charge on any atom is 0.335 e. The van der Waals surface area contributed by atoms with E-state index in [1.807, 2.05) is 0 Å². The molecule has 0 bridgehead atoms. The zero-order valence-electron chi connectivity index (χ0n) is 10.9. The molecule has 1 fully saturated rings. The molecule has 4 nitrogen and oxygen atoms in total. The average molecular weight is 261 g/mol. The molecule has 0 aromatic heterocycles. The second-order valence-electron chi connectivity index (χ2n) is 5.13. The summed E-state index contributed by atoms with van der Waals surface area (Å²) in [7, 11) is 0. The van der Waals surface area contributed by atoms with Gasteiger partial charge in [-0.1, -0.05) is 25.0 Å². The van der Waals surface area contributed by atoms with E-state index in [9.17, 15) is 9.59 Å². The van der Waals surface area contributed by atoms with Crippen molar-refractivity contribution in [2.75, 3.05) is 0 Å². The van der Waals surface area contributed by atoms with Gasteiger partial charge in [-0.3, -0.25) is 4.79 Å². The fraction of sp³-hybridized carbons (Fsp3) is 0.467. The first kappa shape index (κ1) is 13.6. The van der Waals surface area contributed by atoms with E-state index in [1.165, 1.54) is 25.7 Å². The quantitative estimate of drug-likeness (QED) is 0.856. The molecular weight excluding hydrogens is 242 g/mol. The van der Waals surface area contributed by atoms with Crippen LogP contribution in [0, 0.1) is 5.92 Å². The summed E-state index contributed by atoms with van der Waals surface area (Å²) < 4.78 is 0. The van der Waals surface area contributed by atoms with E-state index in [1.54, 1.807) is 24.3 Å². The Hall–Kier alpha value is -1.84. The molecule has 1 aromatic rings. The Morgan fingerprint density at radius 1 is 1.16 bits per heavy atom. The summed E-state index contributed by atoms with van der Waals surface area (Å²) >= 11 is 0. The Morgan fingerprint density at radius 3 is 2.37 bits per heavy atom. The maximum atomic E-state index is 11.7. The lowest BCUT2D eigenvalue weighted by Crippen LogP contribution is -2.24. The molecule has 102 valence electrons. The normalized spacial score (nSPS) is 15.4. The van der Waals surface area contributed by atoms with E-state index >= 15 is 0 Å². The maximum absolute atomic E-state index is 11.7. The van der Waals surface area contributed by atoms with Crippen LogP contribution in [0.15, 0.2) is 24.3 Å². The molecule has 1 aromatic carbocycles. The number of amides is 1. The van der Waals surface area contributed by atoms with Crippen molar-refractivity contribution >= 4 is 11.9 Å². The van der Waals surface area contributed by atoms with Crippen LogP contribution in [-0.2, 0) is 11.3 Å². The number of carboxylic acid groups (broad SMARTS) is 1. The van der Waals surface area contributed by atoms with Crippen molar-refractivity contribution in [1.82, 2.24) is 5.32 Å². The Balaban J connectivity index is 1.77. The highest BCUT2D eigenvalue weighted by Crippen LogP contribution is 2.27. The largest absolute Gasteiger partial charge is 0.478 e. The minimum atomic E-state index is -0.934. The first-order valence-corrected chi connectivity index (χ1v) is 6.74. The van der Waals surface area contributed by atoms with Crippen molar-refractivity contribution in [2.24, 2.45) is 5.92 Å². The van der Waals surface area contributed by atoms with Gasteiger partial charge in [0, 0.05) is 13.0 Å². The Bertz CT molecular complexity index is 447. The second-order valence-corrected chi connectivity index (χ2v) is 5.13. The molecule has 0 radical (unpaired) electrons. The minimum Gasteiger partial charge on any atom is -0.478 e. The smallest absolute Gasteiger partial charge is 0.335 e. The summed E-state index contributed by atoms with van der Waals surface area (Å²) in [4.78, 5) is 22.4. The van der Waals surface area contributed by atoms with Gasteiger partial charge in [0.05, 0.1) is 5.56 Å². The number of carbonyl (C=O) groups is 2. The van der Waals surface area contributed by atoms with Crippen molar-refractivity contribution in [2.45, 2.75) is 38.6 Å². The van der Waals surface area contributed by atoms with Gasteiger partial charge in [0.25, 0.3) is 0 Å². The van der Waals surface area contributed by atoms with E-state index in [2.05, 4.69) is 5.32 Å². The molecule has 0 aliphatic heterocycles. The van der Waals surface area contributed by atoms with Crippen LogP contribution in [0.5, 0.6) is 0 Å². The molecule has 0 spiro atoms.